The third-order valence-electron chi connectivity index (χ3n) is 14.1. The van der Waals surface area contributed by atoms with E-state index in [1.54, 1.807) is 0 Å². The van der Waals surface area contributed by atoms with Gasteiger partial charge < -0.3 is 30.2 Å². The van der Waals surface area contributed by atoms with Gasteiger partial charge in [-0.05, 0) is 37.8 Å². The second-order valence-electron chi connectivity index (χ2n) is 20.5. The summed E-state index contributed by atoms with van der Waals surface area (Å²) in [7, 11) is 0. The largest absolute Gasteiger partial charge is 0.391 e. The fraction of sp³-hybridized carbons (Fsp3) is 0.800. The number of unbranched alkanes of at least 4 members (excludes halogenated alkanes) is 28. The molecule has 0 saturated heterocycles. The molecule has 2 aromatic rings. The maximum atomic E-state index is 11.6. The Balaban J connectivity index is 2.32. The molecule has 0 heterocycles. The number of aliphatic hydroxyl groups excluding tert-OH is 4. The molecule has 0 aromatic heterocycles. The smallest absolute Gasteiger partial charge is 0.0715 e. The van der Waals surface area contributed by atoms with Gasteiger partial charge in [0.15, 0.2) is 0 Å². The molecule has 6 nitrogen and oxygen atoms in total. The van der Waals surface area contributed by atoms with E-state index < -0.39 is 24.4 Å². The van der Waals surface area contributed by atoms with Gasteiger partial charge in [-0.15, -0.1) is 0 Å². The van der Waals surface area contributed by atoms with Crippen LogP contribution in [0.15, 0.2) is 48.5 Å². The molecular weight excluding hydrogens is 813 g/mol. The van der Waals surface area contributed by atoms with Crippen LogP contribution in [0.5, 0.6) is 0 Å². The van der Waals surface area contributed by atoms with Gasteiger partial charge in [0, 0.05) is 48.7 Å². The molecule has 4 N–H and O–H groups in total. The monoisotopic (exact) mass is 921 g/mol. The number of nitrogens with zero attached hydrogens (tertiary/aromatic N) is 2. The first-order valence-corrected chi connectivity index (χ1v) is 28.7. The van der Waals surface area contributed by atoms with Crippen LogP contribution < -0.4 is 9.80 Å². The minimum atomic E-state index is -0.488. The predicted molar refractivity (Wildman–Crippen MR) is 289 cm³/mol. The molecular formula is C60H108N2O4. The van der Waals surface area contributed by atoms with E-state index in [0.717, 1.165) is 99.6 Å². The quantitative estimate of drug-likeness (QED) is 0.0495. The van der Waals surface area contributed by atoms with Crippen molar-refractivity contribution in [1.29, 1.82) is 0 Å². The molecule has 4 unspecified atom stereocenters. The molecule has 0 fully saturated rings. The maximum absolute atomic E-state index is 11.6. The second-order valence-corrected chi connectivity index (χ2v) is 20.5. The van der Waals surface area contributed by atoms with Gasteiger partial charge in [-0.25, -0.2) is 0 Å². The van der Waals surface area contributed by atoms with E-state index in [2.05, 4.69) is 86.0 Å². The van der Waals surface area contributed by atoms with Gasteiger partial charge in [0.05, 0.1) is 24.4 Å². The maximum Gasteiger partial charge on any atom is 0.0715 e. The third kappa shape index (κ3) is 29.7. The highest BCUT2D eigenvalue weighted by Crippen LogP contribution is 2.38. The van der Waals surface area contributed by atoms with Crippen LogP contribution in [0, 0.1) is 0 Å². The van der Waals surface area contributed by atoms with E-state index in [1.165, 1.54) is 154 Å². The molecule has 382 valence electrons. The SMILES string of the molecule is CCCCCCCCCCC(O)CN(CC(O)CCCCCCCCCC)c1ccccc1-c1ccccc1N(CC(O)CCCCCCCCCC)CC(O)CCCCCCCCCC. The summed E-state index contributed by atoms with van der Waals surface area (Å²) < 4.78 is 0. The molecule has 0 saturated carbocycles. The van der Waals surface area contributed by atoms with Crippen LogP contribution in [0.25, 0.3) is 11.1 Å². The first-order chi connectivity index (χ1) is 32.3. The van der Waals surface area contributed by atoms with Crippen LogP contribution >= 0.6 is 0 Å². The predicted octanol–water partition coefficient (Wildman–Crippen LogP) is 16.5. The first-order valence-electron chi connectivity index (χ1n) is 28.7. The van der Waals surface area contributed by atoms with Crippen molar-refractivity contribution in [2.75, 3.05) is 36.0 Å². The minimum absolute atomic E-state index is 0.475. The van der Waals surface area contributed by atoms with Crippen molar-refractivity contribution in [3.05, 3.63) is 48.5 Å². The fourth-order valence-electron chi connectivity index (χ4n) is 9.93. The average Bonchev–Trinajstić information content (AvgIpc) is 3.32. The van der Waals surface area contributed by atoms with Crippen molar-refractivity contribution in [1.82, 2.24) is 0 Å². The summed E-state index contributed by atoms with van der Waals surface area (Å²) in [6, 6.07) is 17.1. The molecule has 4 atom stereocenters. The summed E-state index contributed by atoms with van der Waals surface area (Å²) >= 11 is 0. The summed E-state index contributed by atoms with van der Waals surface area (Å²) in [5, 5.41) is 46.5. The number of hydrogen-bond acceptors (Lipinski definition) is 6. The van der Waals surface area contributed by atoms with Crippen molar-refractivity contribution >= 4 is 11.4 Å². The Hall–Kier alpha value is -2.12. The Bertz CT molecular complexity index is 1200. The van der Waals surface area contributed by atoms with Crippen LogP contribution in [0.2, 0.25) is 0 Å². The molecule has 6 heteroatoms. The number of para-hydroxylation sites is 2. The Morgan fingerprint density at radius 1 is 0.288 bits per heavy atom. The van der Waals surface area contributed by atoms with E-state index in [4.69, 9.17) is 0 Å². The number of anilines is 2. The van der Waals surface area contributed by atoms with E-state index in [0.29, 0.717) is 26.2 Å². The molecule has 0 aliphatic carbocycles. The minimum Gasteiger partial charge on any atom is -0.391 e. The van der Waals surface area contributed by atoms with Crippen molar-refractivity contribution in [2.24, 2.45) is 0 Å². The highest BCUT2D eigenvalue weighted by molar-refractivity contribution is 5.87. The molecule has 0 amide bonds. The summed E-state index contributed by atoms with van der Waals surface area (Å²) in [5.41, 5.74) is 4.17. The average molecular weight is 922 g/mol. The fourth-order valence-corrected chi connectivity index (χ4v) is 9.93. The number of aliphatic hydroxyl groups is 4. The van der Waals surface area contributed by atoms with Gasteiger partial charge in [0.2, 0.25) is 0 Å². The Kier molecular flexibility index (Phi) is 38.0. The van der Waals surface area contributed by atoms with Gasteiger partial charge in [-0.1, -0.05) is 270 Å². The molecule has 66 heavy (non-hydrogen) atoms. The zero-order chi connectivity index (χ0) is 47.7. The number of rotatable bonds is 47. The molecule has 2 aromatic carbocycles. The van der Waals surface area contributed by atoms with Crippen molar-refractivity contribution in [2.45, 2.75) is 283 Å². The lowest BCUT2D eigenvalue weighted by Gasteiger charge is -2.34. The molecule has 0 aliphatic heterocycles. The Morgan fingerprint density at radius 2 is 0.485 bits per heavy atom. The van der Waals surface area contributed by atoms with Gasteiger partial charge in [0.1, 0.15) is 0 Å². The van der Waals surface area contributed by atoms with E-state index in [-0.39, 0.29) is 0 Å². The van der Waals surface area contributed by atoms with E-state index in [1.807, 2.05) is 0 Å². The van der Waals surface area contributed by atoms with Crippen molar-refractivity contribution in [3.63, 3.8) is 0 Å². The molecule has 0 radical (unpaired) electrons. The normalized spacial score (nSPS) is 13.5. The molecule has 0 spiro atoms. The summed E-state index contributed by atoms with van der Waals surface area (Å²) in [6.07, 6.45) is 40.8. The van der Waals surface area contributed by atoms with Crippen LogP contribution in [-0.2, 0) is 0 Å². The number of hydrogen-bond donors (Lipinski definition) is 4. The summed E-state index contributed by atoms with van der Waals surface area (Å²) in [4.78, 5) is 4.52. The third-order valence-corrected chi connectivity index (χ3v) is 14.1. The van der Waals surface area contributed by atoms with E-state index >= 15 is 0 Å². The number of benzene rings is 2. The van der Waals surface area contributed by atoms with Gasteiger partial charge >= 0.3 is 0 Å². The summed E-state index contributed by atoms with van der Waals surface area (Å²) in [5.74, 6) is 0. The van der Waals surface area contributed by atoms with Crippen molar-refractivity contribution < 1.29 is 20.4 Å². The molecule has 0 bridgehead atoms. The van der Waals surface area contributed by atoms with Gasteiger partial charge in [0.25, 0.3) is 0 Å². The zero-order valence-electron chi connectivity index (χ0n) is 43.9. The van der Waals surface area contributed by atoms with E-state index in [9.17, 15) is 20.4 Å². The lowest BCUT2D eigenvalue weighted by atomic mass is 9.98. The molecule has 2 rings (SSSR count). The first kappa shape index (κ1) is 60.0. The van der Waals surface area contributed by atoms with Crippen molar-refractivity contribution in [3.8, 4) is 11.1 Å². The topological polar surface area (TPSA) is 87.4 Å². The highest BCUT2D eigenvalue weighted by Gasteiger charge is 2.24. The van der Waals surface area contributed by atoms with Crippen LogP contribution in [-0.4, -0.2) is 71.0 Å². The van der Waals surface area contributed by atoms with Gasteiger partial charge in [-0.3, -0.25) is 0 Å². The lowest BCUT2D eigenvalue weighted by molar-refractivity contribution is 0.144. The molecule has 0 aliphatic rings. The standard InChI is InChI=1S/C60H108N2O4/c1-5-9-13-17-21-25-29-33-41-53(63)49-61(50-54(64)42-34-30-26-22-18-14-10-6-2)59-47-39-37-45-57(59)58-46-38-40-48-60(58)62(51-55(65)43-35-31-27-23-19-15-11-7-3)52-56(66)44-36-32-28-24-20-16-12-8-4/h37-40,45-48,53-56,63-66H,5-36,41-44,49-52H2,1-4H3. The van der Waals surface area contributed by atoms with Crippen LogP contribution in [0.1, 0.15) is 259 Å². The highest BCUT2D eigenvalue weighted by atomic mass is 16.3. The van der Waals surface area contributed by atoms with Gasteiger partial charge in [-0.2, -0.15) is 0 Å². The summed E-state index contributed by atoms with van der Waals surface area (Å²) in [6.45, 7) is 11.0. The van der Waals surface area contributed by atoms with Crippen LogP contribution in [0.4, 0.5) is 11.4 Å². The Labute approximate surface area is 409 Å². The lowest BCUT2D eigenvalue weighted by Crippen LogP contribution is -2.39. The zero-order valence-corrected chi connectivity index (χ0v) is 43.9. The Morgan fingerprint density at radius 3 is 0.712 bits per heavy atom. The van der Waals surface area contributed by atoms with Crippen LogP contribution in [0.3, 0.4) is 0 Å². The second kappa shape index (κ2) is 41.8.